The summed E-state index contributed by atoms with van der Waals surface area (Å²) in [6.07, 6.45) is 0. The summed E-state index contributed by atoms with van der Waals surface area (Å²) >= 11 is 13.6. The van der Waals surface area contributed by atoms with Crippen molar-refractivity contribution in [2.24, 2.45) is 0 Å². The third-order valence-corrected chi connectivity index (χ3v) is 2.74. The van der Waals surface area contributed by atoms with Crippen molar-refractivity contribution in [3.05, 3.63) is 32.1 Å². The van der Waals surface area contributed by atoms with Crippen LogP contribution < -0.4 is 0 Å². The molecule has 0 radical (unpaired) electrons. The van der Waals surface area contributed by atoms with Crippen LogP contribution in [0, 0.1) is 3.90 Å². The third kappa shape index (κ3) is 2.02. The Labute approximate surface area is 104 Å². The molecule has 0 saturated carbocycles. The average molecular weight is 341 g/mol. The van der Waals surface area contributed by atoms with E-state index in [1.54, 1.807) is 18.2 Å². The van der Waals surface area contributed by atoms with Crippen LogP contribution in [0.25, 0.3) is 11.5 Å². The van der Waals surface area contributed by atoms with Crippen LogP contribution in [-0.4, -0.2) is 10.2 Å². The van der Waals surface area contributed by atoms with Gasteiger partial charge in [-0.15, -0.1) is 10.2 Å². The summed E-state index contributed by atoms with van der Waals surface area (Å²) in [5, 5.41) is 8.54. The van der Waals surface area contributed by atoms with Gasteiger partial charge in [-0.05, 0) is 18.2 Å². The van der Waals surface area contributed by atoms with E-state index in [0.717, 1.165) is 5.56 Å². The second kappa shape index (κ2) is 4.04. The molecular formula is C8H3Cl2IN2O. The largest absolute Gasteiger partial charge is 0.412 e. The number of halogens is 3. The van der Waals surface area contributed by atoms with E-state index in [4.69, 9.17) is 27.6 Å². The van der Waals surface area contributed by atoms with Gasteiger partial charge in [0.05, 0.1) is 10.0 Å². The van der Waals surface area contributed by atoms with E-state index in [0.29, 0.717) is 19.8 Å². The zero-order valence-corrected chi connectivity index (χ0v) is 10.3. The molecule has 0 unspecified atom stereocenters. The van der Waals surface area contributed by atoms with Crippen molar-refractivity contribution in [1.29, 1.82) is 0 Å². The predicted octanol–water partition coefficient (Wildman–Crippen LogP) is 3.65. The summed E-state index contributed by atoms with van der Waals surface area (Å²) in [7, 11) is 0. The molecule has 0 aliphatic heterocycles. The van der Waals surface area contributed by atoms with Crippen molar-refractivity contribution in [2.75, 3.05) is 0 Å². The highest BCUT2D eigenvalue weighted by atomic mass is 127. The van der Waals surface area contributed by atoms with E-state index in [1.165, 1.54) is 0 Å². The van der Waals surface area contributed by atoms with Crippen LogP contribution in [0.4, 0.5) is 0 Å². The highest BCUT2D eigenvalue weighted by Crippen LogP contribution is 2.27. The van der Waals surface area contributed by atoms with E-state index < -0.39 is 0 Å². The smallest absolute Gasteiger partial charge is 0.278 e. The fourth-order valence-electron chi connectivity index (χ4n) is 0.951. The van der Waals surface area contributed by atoms with Gasteiger partial charge in [0.1, 0.15) is 0 Å². The first-order chi connectivity index (χ1) is 6.66. The Hall–Kier alpha value is -0.330. The minimum Gasteiger partial charge on any atom is -0.412 e. The molecule has 1 aromatic carbocycles. The average Bonchev–Trinajstić information content (AvgIpc) is 2.57. The molecule has 0 fully saturated rings. The summed E-state index contributed by atoms with van der Waals surface area (Å²) in [5.74, 6) is 0.438. The molecule has 2 aromatic rings. The SMILES string of the molecule is Clc1ccc(-c2nnc(I)o2)cc1Cl. The highest BCUT2D eigenvalue weighted by molar-refractivity contribution is 14.1. The lowest BCUT2D eigenvalue weighted by atomic mass is 10.2. The zero-order chi connectivity index (χ0) is 10.1. The van der Waals surface area contributed by atoms with Gasteiger partial charge in [-0.25, -0.2) is 0 Å². The molecule has 3 nitrogen and oxygen atoms in total. The van der Waals surface area contributed by atoms with Crippen molar-refractivity contribution in [3.8, 4) is 11.5 Å². The second-order valence-electron chi connectivity index (χ2n) is 2.49. The quantitative estimate of drug-likeness (QED) is 0.744. The van der Waals surface area contributed by atoms with Gasteiger partial charge in [-0.3, -0.25) is 0 Å². The lowest BCUT2D eigenvalue weighted by Gasteiger charge is -1.97. The standard InChI is InChI=1S/C8H3Cl2IN2O/c9-5-2-1-4(3-6(5)10)7-12-13-8(11)14-7/h1-3H. The molecule has 0 N–H and O–H groups in total. The summed E-state index contributed by atoms with van der Waals surface area (Å²) in [6.45, 7) is 0. The van der Waals surface area contributed by atoms with Gasteiger partial charge in [-0.2, -0.15) is 0 Å². The molecule has 0 atom stereocenters. The van der Waals surface area contributed by atoms with Gasteiger partial charge >= 0.3 is 0 Å². The van der Waals surface area contributed by atoms with Gasteiger partial charge in [-0.1, -0.05) is 23.2 Å². The molecule has 0 amide bonds. The normalized spacial score (nSPS) is 10.5. The fourth-order valence-corrected chi connectivity index (χ4v) is 1.57. The maximum atomic E-state index is 5.85. The first kappa shape index (κ1) is 10.2. The number of aromatic nitrogens is 2. The summed E-state index contributed by atoms with van der Waals surface area (Å²) in [4.78, 5) is 0. The number of nitrogens with zero attached hydrogens (tertiary/aromatic N) is 2. The van der Waals surface area contributed by atoms with Crippen molar-refractivity contribution < 1.29 is 4.42 Å². The van der Waals surface area contributed by atoms with Gasteiger partial charge in [0.2, 0.25) is 5.89 Å². The summed E-state index contributed by atoms with van der Waals surface area (Å²) in [5.41, 5.74) is 0.759. The van der Waals surface area contributed by atoms with Crippen molar-refractivity contribution in [2.45, 2.75) is 0 Å². The van der Waals surface area contributed by atoms with E-state index in [2.05, 4.69) is 10.2 Å². The molecule has 72 valence electrons. The first-order valence-corrected chi connectivity index (χ1v) is 5.45. The van der Waals surface area contributed by atoms with E-state index in [9.17, 15) is 0 Å². The molecular weight excluding hydrogens is 338 g/mol. The van der Waals surface area contributed by atoms with E-state index in [1.807, 2.05) is 22.6 Å². The zero-order valence-electron chi connectivity index (χ0n) is 6.67. The van der Waals surface area contributed by atoms with E-state index in [-0.39, 0.29) is 0 Å². The Balaban J connectivity index is 2.47. The molecule has 0 spiro atoms. The monoisotopic (exact) mass is 340 g/mol. The fraction of sp³-hybridized carbons (Fsp3) is 0. The van der Waals surface area contributed by atoms with Crippen LogP contribution in [0.5, 0.6) is 0 Å². The minimum absolute atomic E-state index is 0.438. The van der Waals surface area contributed by atoms with Gasteiger partial charge in [0, 0.05) is 28.2 Å². The highest BCUT2D eigenvalue weighted by Gasteiger charge is 2.08. The minimum atomic E-state index is 0.438. The van der Waals surface area contributed by atoms with Crippen molar-refractivity contribution >= 4 is 45.8 Å². The number of rotatable bonds is 1. The number of hydrogen-bond donors (Lipinski definition) is 0. The Morgan fingerprint density at radius 2 is 1.93 bits per heavy atom. The molecule has 0 aliphatic rings. The van der Waals surface area contributed by atoms with Crippen LogP contribution in [0.1, 0.15) is 0 Å². The van der Waals surface area contributed by atoms with Gasteiger partial charge in [0.15, 0.2) is 0 Å². The van der Waals surface area contributed by atoms with Crippen LogP contribution in [0.3, 0.4) is 0 Å². The summed E-state index contributed by atoms with van der Waals surface area (Å²) in [6, 6.07) is 5.15. The summed E-state index contributed by atoms with van der Waals surface area (Å²) < 4.78 is 5.72. The Bertz CT molecular complexity index is 472. The molecule has 1 aromatic heterocycles. The maximum Gasteiger partial charge on any atom is 0.278 e. The number of benzene rings is 1. The van der Waals surface area contributed by atoms with Gasteiger partial charge in [0.25, 0.3) is 3.90 Å². The van der Waals surface area contributed by atoms with Crippen molar-refractivity contribution in [3.63, 3.8) is 0 Å². The molecule has 1 heterocycles. The molecule has 14 heavy (non-hydrogen) atoms. The lowest BCUT2D eigenvalue weighted by molar-refractivity contribution is 0.537. The molecule has 2 rings (SSSR count). The first-order valence-electron chi connectivity index (χ1n) is 3.61. The van der Waals surface area contributed by atoms with E-state index >= 15 is 0 Å². The Kier molecular flexibility index (Phi) is 2.94. The van der Waals surface area contributed by atoms with Crippen LogP contribution in [-0.2, 0) is 0 Å². The molecule has 0 saturated heterocycles. The molecule has 0 bridgehead atoms. The third-order valence-electron chi connectivity index (χ3n) is 1.57. The topological polar surface area (TPSA) is 38.9 Å². The van der Waals surface area contributed by atoms with Gasteiger partial charge < -0.3 is 4.42 Å². The Morgan fingerprint density at radius 3 is 2.50 bits per heavy atom. The van der Waals surface area contributed by atoms with Crippen LogP contribution in [0.15, 0.2) is 22.6 Å². The maximum absolute atomic E-state index is 5.85. The van der Waals surface area contributed by atoms with Crippen LogP contribution >= 0.6 is 45.8 Å². The lowest BCUT2D eigenvalue weighted by Crippen LogP contribution is -1.78. The predicted molar refractivity (Wildman–Crippen MR) is 62.5 cm³/mol. The van der Waals surface area contributed by atoms with Crippen molar-refractivity contribution in [1.82, 2.24) is 10.2 Å². The number of hydrogen-bond acceptors (Lipinski definition) is 3. The molecule has 6 heteroatoms. The second-order valence-corrected chi connectivity index (χ2v) is 4.23. The molecule has 0 aliphatic carbocycles. The Morgan fingerprint density at radius 1 is 1.14 bits per heavy atom. The van der Waals surface area contributed by atoms with Crippen LogP contribution in [0.2, 0.25) is 10.0 Å².